The maximum Gasteiger partial charge on any atom is 0.188 e. The van der Waals surface area contributed by atoms with Crippen molar-refractivity contribution in [1.29, 1.82) is 0 Å². The SMILES string of the molecule is COC(CN=C(N)NCCc1ccccn1)c1cccc(Cl)c1. The van der Waals surface area contributed by atoms with Crippen molar-refractivity contribution in [1.82, 2.24) is 10.3 Å². The molecule has 2 aromatic rings. The fourth-order valence-corrected chi connectivity index (χ4v) is 2.32. The van der Waals surface area contributed by atoms with Gasteiger partial charge in [0.2, 0.25) is 0 Å². The zero-order valence-corrected chi connectivity index (χ0v) is 13.8. The number of nitrogens with one attached hydrogen (secondary N) is 1. The highest BCUT2D eigenvalue weighted by Gasteiger charge is 2.10. The lowest BCUT2D eigenvalue weighted by molar-refractivity contribution is 0.111. The van der Waals surface area contributed by atoms with Gasteiger partial charge in [0.25, 0.3) is 0 Å². The smallest absolute Gasteiger partial charge is 0.188 e. The highest BCUT2D eigenvalue weighted by Crippen LogP contribution is 2.20. The minimum Gasteiger partial charge on any atom is -0.375 e. The maximum absolute atomic E-state index is 6.00. The van der Waals surface area contributed by atoms with Crippen LogP contribution in [0.5, 0.6) is 0 Å². The molecule has 1 atom stereocenters. The number of ether oxygens (including phenoxy) is 1. The average Bonchev–Trinajstić information content (AvgIpc) is 2.56. The Hall–Kier alpha value is -2.11. The number of guanidine groups is 1. The van der Waals surface area contributed by atoms with Crippen LogP contribution in [0.25, 0.3) is 0 Å². The van der Waals surface area contributed by atoms with Crippen LogP contribution in [-0.2, 0) is 11.2 Å². The molecule has 5 nitrogen and oxygen atoms in total. The van der Waals surface area contributed by atoms with E-state index in [4.69, 9.17) is 22.1 Å². The van der Waals surface area contributed by atoms with E-state index in [2.05, 4.69) is 15.3 Å². The van der Waals surface area contributed by atoms with E-state index in [1.165, 1.54) is 0 Å². The largest absolute Gasteiger partial charge is 0.375 e. The first-order chi connectivity index (χ1) is 11.2. The average molecular weight is 333 g/mol. The van der Waals surface area contributed by atoms with E-state index in [-0.39, 0.29) is 6.10 Å². The number of benzene rings is 1. The van der Waals surface area contributed by atoms with Crippen LogP contribution in [0.4, 0.5) is 0 Å². The third-order valence-corrected chi connectivity index (χ3v) is 3.58. The van der Waals surface area contributed by atoms with Gasteiger partial charge in [-0.2, -0.15) is 0 Å². The summed E-state index contributed by atoms with van der Waals surface area (Å²) in [6, 6.07) is 13.4. The summed E-state index contributed by atoms with van der Waals surface area (Å²) in [6.45, 7) is 1.11. The molecule has 122 valence electrons. The molecular weight excluding hydrogens is 312 g/mol. The summed E-state index contributed by atoms with van der Waals surface area (Å²) in [7, 11) is 1.64. The van der Waals surface area contributed by atoms with Gasteiger partial charge in [0, 0.05) is 37.0 Å². The first-order valence-electron chi connectivity index (χ1n) is 7.41. The predicted octanol–water partition coefficient (Wildman–Crippen LogP) is 2.57. The van der Waals surface area contributed by atoms with E-state index < -0.39 is 0 Å². The highest BCUT2D eigenvalue weighted by atomic mass is 35.5. The second-order valence-corrected chi connectivity index (χ2v) is 5.44. The molecule has 23 heavy (non-hydrogen) atoms. The molecular formula is C17H21ClN4O. The van der Waals surface area contributed by atoms with Crippen molar-refractivity contribution < 1.29 is 4.74 Å². The van der Waals surface area contributed by atoms with Crippen molar-refractivity contribution >= 4 is 17.6 Å². The highest BCUT2D eigenvalue weighted by molar-refractivity contribution is 6.30. The summed E-state index contributed by atoms with van der Waals surface area (Å²) in [5.74, 6) is 0.394. The number of hydrogen-bond donors (Lipinski definition) is 2. The Labute approximate surface area is 141 Å². The molecule has 1 aromatic heterocycles. The second kappa shape index (κ2) is 9.12. The van der Waals surface area contributed by atoms with Crippen LogP contribution in [0.2, 0.25) is 5.02 Å². The molecule has 0 aliphatic rings. The Morgan fingerprint density at radius 2 is 2.22 bits per heavy atom. The van der Waals surface area contributed by atoms with Crippen LogP contribution in [0.3, 0.4) is 0 Å². The van der Waals surface area contributed by atoms with Gasteiger partial charge in [0.1, 0.15) is 6.10 Å². The lowest BCUT2D eigenvalue weighted by atomic mass is 10.1. The van der Waals surface area contributed by atoms with E-state index in [0.29, 0.717) is 24.1 Å². The Balaban J connectivity index is 1.83. The standard InChI is InChI=1S/C17H21ClN4O/c1-23-16(13-5-4-6-14(18)11-13)12-22-17(19)21-10-8-15-7-2-3-9-20-15/h2-7,9,11,16H,8,10,12H2,1H3,(H3,19,21,22). The number of methoxy groups -OCH3 is 1. The molecule has 1 heterocycles. The molecule has 3 N–H and O–H groups in total. The molecule has 0 saturated heterocycles. The number of aromatic nitrogens is 1. The van der Waals surface area contributed by atoms with Gasteiger partial charge in [0.15, 0.2) is 5.96 Å². The molecule has 0 spiro atoms. The first-order valence-corrected chi connectivity index (χ1v) is 7.79. The van der Waals surface area contributed by atoms with E-state index in [9.17, 15) is 0 Å². The Morgan fingerprint density at radius 1 is 1.35 bits per heavy atom. The summed E-state index contributed by atoms with van der Waals surface area (Å²) in [4.78, 5) is 8.59. The zero-order valence-electron chi connectivity index (χ0n) is 13.1. The number of hydrogen-bond acceptors (Lipinski definition) is 3. The van der Waals surface area contributed by atoms with Gasteiger partial charge in [-0.15, -0.1) is 0 Å². The molecule has 0 aliphatic heterocycles. The zero-order chi connectivity index (χ0) is 16.5. The summed E-state index contributed by atoms with van der Waals surface area (Å²) in [5, 5.41) is 3.76. The molecule has 6 heteroatoms. The molecule has 1 unspecified atom stereocenters. The quantitative estimate of drug-likeness (QED) is 0.604. The molecule has 0 fully saturated rings. The van der Waals surface area contributed by atoms with Gasteiger partial charge in [-0.05, 0) is 29.8 Å². The summed E-state index contributed by atoms with van der Waals surface area (Å²) in [5.41, 5.74) is 7.88. The molecule has 0 amide bonds. The van der Waals surface area contributed by atoms with E-state index in [0.717, 1.165) is 17.7 Å². The van der Waals surface area contributed by atoms with Gasteiger partial charge in [-0.25, -0.2) is 0 Å². The normalized spacial score (nSPS) is 12.9. The topological polar surface area (TPSA) is 72.5 Å². The minimum atomic E-state index is -0.176. The first kappa shape index (κ1) is 17.2. The number of halogens is 1. The lowest BCUT2D eigenvalue weighted by Gasteiger charge is -2.14. The fourth-order valence-electron chi connectivity index (χ4n) is 2.12. The number of aliphatic imine (C=N–C) groups is 1. The second-order valence-electron chi connectivity index (χ2n) is 5.00. The van der Waals surface area contributed by atoms with Crippen molar-refractivity contribution in [3.05, 3.63) is 64.9 Å². The van der Waals surface area contributed by atoms with Gasteiger partial charge in [-0.1, -0.05) is 29.8 Å². The van der Waals surface area contributed by atoms with E-state index >= 15 is 0 Å². The molecule has 0 aliphatic carbocycles. The van der Waals surface area contributed by atoms with Crippen molar-refractivity contribution in [2.75, 3.05) is 20.2 Å². The predicted molar refractivity (Wildman–Crippen MR) is 93.6 cm³/mol. The van der Waals surface area contributed by atoms with Gasteiger partial charge in [-0.3, -0.25) is 9.98 Å². The van der Waals surface area contributed by atoms with Crippen molar-refractivity contribution in [3.63, 3.8) is 0 Å². The van der Waals surface area contributed by atoms with Crippen LogP contribution >= 0.6 is 11.6 Å². The van der Waals surface area contributed by atoms with Crippen LogP contribution in [0, 0.1) is 0 Å². The van der Waals surface area contributed by atoms with Gasteiger partial charge < -0.3 is 15.8 Å². The monoisotopic (exact) mass is 332 g/mol. The Kier molecular flexibility index (Phi) is 6.84. The van der Waals surface area contributed by atoms with Crippen LogP contribution in [0.15, 0.2) is 53.7 Å². The maximum atomic E-state index is 6.00. The molecule has 2 rings (SSSR count). The van der Waals surface area contributed by atoms with Crippen LogP contribution in [0.1, 0.15) is 17.4 Å². The lowest BCUT2D eigenvalue weighted by Crippen LogP contribution is -2.33. The Bertz CT molecular complexity index is 634. The summed E-state index contributed by atoms with van der Waals surface area (Å²) >= 11 is 6.00. The fraction of sp³-hybridized carbons (Fsp3) is 0.294. The number of pyridine rings is 1. The number of rotatable bonds is 7. The third-order valence-electron chi connectivity index (χ3n) is 3.35. The van der Waals surface area contributed by atoms with Crippen molar-refractivity contribution in [2.24, 2.45) is 10.7 Å². The molecule has 1 aromatic carbocycles. The van der Waals surface area contributed by atoms with Gasteiger partial charge in [0.05, 0.1) is 6.54 Å². The van der Waals surface area contributed by atoms with Crippen LogP contribution in [-0.4, -0.2) is 31.1 Å². The number of nitrogens with zero attached hydrogens (tertiary/aromatic N) is 2. The molecule has 0 radical (unpaired) electrons. The molecule has 0 saturated carbocycles. The minimum absolute atomic E-state index is 0.176. The van der Waals surface area contributed by atoms with Crippen molar-refractivity contribution in [2.45, 2.75) is 12.5 Å². The summed E-state index contributed by atoms with van der Waals surface area (Å²) < 4.78 is 5.46. The van der Waals surface area contributed by atoms with Gasteiger partial charge >= 0.3 is 0 Å². The van der Waals surface area contributed by atoms with E-state index in [1.807, 2.05) is 42.5 Å². The van der Waals surface area contributed by atoms with Crippen LogP contribution < -0.4 is 11.1 Å². The van der Waals surface area contributed by atoms with E-state index in [1.54, 1.807) is 13.3 Å². The third kappa shape index (κ3) is 5.88. The molecule has 0 bridgehead atoms. The Morgan fingerprint density at radius 3 is 2.91 bits per heavy atom. The van der Waals surface area contributed by atoms with Crippen molar-refractivity contribution in [3.8, 4) is 0 Å². The summed E-state index contributed by atoms with van der Waals surface area (Å²) in [6.07, 6.45) is 2.39. The number of nitrogens with two attached hydrogens (primary N) is 1.